The van der Waals surface area contributed by atoms with Crippen molar-refractivity contribution in [2.24, 2.45) is 5.92 Å². The van der Waals surface area contributed by atoms with Crippen LogP contribution in [-0.2, 0) is 0 Å². The summed E-state index contributed by atoms with van der Waals surface area (Å²) in [4.78, 5) is 34.4. The largest absolute Gasteiger partial charge is 0.494 e. The molecule has 1 unspecified atom stereocenters. The molecule has 204 valence electrons. The number of hydrogen-bond donors (Lipinski definition) is 1. The van der Waals surface area contributed by atoms with Crippen LogP contribution >= 0.6 is 23.2 Å². The van der Waals surface area contributed by atoms with Crippen molar-refractivity contribution in [1.29, 1.82) is 0 Å². The number of fused-ring (bicyclic) bond motifs is 1. The van der Waals surface area contributed by atoms with E-state index >= 15 is 0 Å². The first-order valence-electron chi connectivity index (χ1n) is 13.0. The van der Waals surface area contributed by atoms with Gasteiger partial charge in [0.1, 0.15) is 11.6 Å². The molecular weight excluding hydrogens is 535 g/mol. The molecule has 9 heteroatoms. The van der Waals surface area contributed by atoms with E-state index in [2.05, 4.69) is 5.32 Å². The van der Waals surface area contributed by atoms with Crippen molar-refractivity contribution >= 4 is 45.8 Å². The average Bonchev–Trinajstić information content (AvgIpc) is 2.92. The minimum Gasteiger partial charge on any atom is -0.494 e. The third kappa shape index (κ3) is 6.21. The number of benzene rings is 3. The number of carbonyl (C=O) groups excluding carboxylic acids is 1. The van der Waals surface area contributed by atoms with Crippen LogP contribution in [0.2, 0.25) is 10.0 Å². The van der Waals surface area contributed by atoms with E-state index < -0.39 is 6.04 Å². The molecule has 0 fully saturated rings. The van der Waals surface area contributed by atoms with Crippen LogP contribution < -0.4 is 15.6 Å². The van der Waals surface area contributed by atoms with Crippen molar-refractivity contribution in [3.8, 4) is 11.4 Å². The molecule has 3 aromatic carbocycles. The van der Waals surface area contributed by atoms with Gasteiger partial charge in [0.2, 0.25) is 0 Å². The average molecular weight is 568 g/mol. The topological polar surface area (TPSA) is 76.5 Å². The first-order chi connectivity index (χ1) is 18.7. The predicted octanol–water partition coefficient (Wildman–Crippen LogP) is 7.73. The molecule has 0 aliphatic carbocycles. The molecule has 39 heavy (non-hydrogen) atoms. The van der Waals surface area contributed by atoms with Crippen molar-refractivity contribution in [1.82, 2.24) is 14.5 Å². The van der Waals surface area contributed by atoms with Crippen LogP contribution in [0.25, 0.3) is 16.6 Å². The van der Waals surface area contributed by atoms with Gasteiger partial charge in [0.25, 0.3) is 5.56 Å². The van der Waals surface area contributed by atoms with Crippen LogP contribution in [0.4, 0.5) is 10.5 Å². The Hall–Kier alpha value is -3.55. The van der Waals surface area contributed by atoms with Gasteiger partial charge in [0, 0.05) is 6.54 Å². The standard InChI is InChI=1S/C30H32Cl2N4O3/c1-5-26(35(18-19(3)4)30(38)34-25-13-9-11-23(31)27(25)32)28-33-24-12-8-7-10-22(24)29(37)36(28)20-14-16-21(17-15-20)39-6-2/h7-17,19,26H,5-6,18H2,1-4H3,(H,34,38). The number of nitrogens with zero attached hydrogens (tertiary/aromatic N) is 3. The number of rotatable bonds is 9. The zero-order chi connectivity index (χ0) is 28.1. The van der Waals surface area contributed by atoms with Gasteiger partial charge in [-0.25, -0.2) is 9.78 Å². The Morgan fingerprint density at radius 1 is 1.03 bits per heavy atom. The fourth-order valence-electron chi connectivity index (χ4n) is 4.56. The van der Waals surface area contributed by atoms with Gasteiger partial charge in [-0.1, -0.05) is 62.2 Å². The SMILES string of the molecule is CCOc1ccc(-n2c(C(CC)N(CC(C)C)C(=O)Nc3cccc(Cl)c3Cl)nc3ccccc3c2=O)cc1. The van der Waals surface area contributed by atoms with E-state index in [1.807, 2.05) is 70.2 Å². The van der Waals surface area contributed by atoms with Crippen molar-refractivity contribution in [3.05, 3.63) is 93.0 Å². The van der Waals surface area contributed by atoms with Gasteiger partial charge in [0.05, 0.1) is 45.0 Å². The number of aromatic nitrogens is 2. The van der Waals surface area contributed by atoms with Gasteiger partial charge in [-0.05, 0) is 67.8 Å². The van der Waals surface area contributed by atoms with Crippen LogP contribution in [0.15, 0.2) is 71.5 Å². The predicted molar refractivity (Wildman–Crippen MR) is 159 cm³/mol. The highest BCUT2D eigenvalue weighted by Gasteiger charge is 2.30. The number of para-hydroxylation sites is 1. The van der Waals surface area contributed by atoms with E-state index in [1.165, 1.54) is 0 Å². The lowest BCUT2D eigenvalue weighted by Crippen LogP contribution is -2.42. The molecule has 4 aromatic rings. The van der Waals surface area contributed by atoms with Gasteiger partial charge in [-0.2, -0.15) is 0 Å². The first kappa shape index (κ1) is 28.5. The van der Waals surface area contributed by atoms with Crippen molar-refractivity contribution in [3.63, 3.8) is 0 Å². The lowest BCUT2D eigenvalue weighted by molar-refractivity contribution is 0.171. The fraction of sp³-hybridized carbons (Fsp3) is 0.300. The summed E-state index contributed by atoms with van der Waals surface area (Å²) in [6.07, 6.45) is 0.519. The molecule has 0 saturated heterocycles. The molecule has 0 spiro atoms. The number of anilines is 1. The summed E-state index contributed by atoms with van der Waals surface area (Å²) in [6, 6.07) is 18.8. The number of hydrogen-bond acceptors (Lipinski definition) is 4. The van der Waals surface area contributed by atoms with Crippen LogP contribution in [0.3, 0.4) is 0 Å². The first-order valence-corrected chi connectivity index (χ1v) is 13.8. The highest BCUT2D eigenvalue weighted by atomic mass is 35.5. The molecule has 4 rings (SSSR count). The maximum absolute atomic E-state index is 13.9. The Labute approximate surface area is 238 Å². The number of carbonyl (C=O) groups is 1. The number of urea groups is 1. The van der Waals surface area contributed by atoms with Crippen LogP contribution in [0.5, 0.6) is 5.75 Å². The fourth-order valence-corrected chi connectivity index (χ4v) is 4.90. The Morgan fingerprint density at radius 2 is 1.74 bits per heavy atom. The second-order valence-corrected chi connectivity index (χ2v) is 10.3. The normalized spacial score (nSPS) is 12.0. The lowest BCUT2D eigenvalue weighted by atomic mass is 10.1. The van der Waals surface area contributed by atoms with E-state index in [-0.39, 0.29) is 22.5 Å². The number of ether oxygens (including phenoxy) is 1. The van der Waals surface area contributed by atoms with Crippen LogP contribution in [0.1, 0.15) is 46.0 Å². The summed E-state index contributed by atoms with van der Waals surface area (Å²) in [5.41, 5.74) is 1.41. The van der Waals surface area contributed by atoms with E-state index in [9.17, 15) is 9.59 Å². The molecule has 1 heterocycles. The number of amides is 2. The smallest absolute Gasteiger partial charge is 0.322 e. The molecule has 7 nitrogen and oxygen atoms in total. The van der Waals surface area contributed by atoms with E-state index in [0.717, 1.165) is 0 Å². The Morgan fingerprint density at radius 3 is 2.41 bits per heavy atom. The van der Waals surface area contributed by atoms with Crippen LogP contribution in [0, 0.1) is 5.92 Å². The number of halogens is 2. The number of nitrogens with one attached hydrogen (secondary N) is 1. The van der Waals surface area contributed by atoms with Crippen molar-refractivity contribution < 1.29 is 9.53 Å². The van der Waals surface area contributed by atoms with E-state index in [4.69, 9.17) is 32.9 Å². The zero-order valence-electron chi connectivity index (χ0n) is 22.4. The highest BCUT2D eigenvalue weighted by molar-refractivity contribution is 6.43. The molecule has 0 bridgehead atoms. The summed E-state index contributed by atoms with van der Waals surface area (Å²) in [7, 11) is 0. The van der Waals surface area contributed by atoms with Crippen molar-refractivity contribution in [2.75, 3.05) is 18.5 Å². The monoisotopic (exact) mass is 566 g/mol. The second kappa shape index (κ2) is 12.5. The molecular formula is C30H32Cl2N4O3. The molecule has 0 aliphatic rings. The maximum Gasteiger partial charge on any atom is 0.322 e. The van der Waals surface area contributed by atoms with Gasteiger partial charge < -0.3 is 15.0 Å². The summed E-state index contributed by atoms with van der Waals surface area (Å²) in [5.74, 6) is 1.32. The third-order valence-corrected chi connectivity index (χ3v) is 7.10. The van der Waals surface area contributed by atoms with Gasteiger partial charge in [0.15, 0.2) is 0 Å². The molecule has 0 aliphatic heterocycles. The Kier molecular flexibility index (Phi) is 9.15. The molecule has 1 atom stereocenters. The molecule has 1 aromatic heterocycles. The molecule has 1 N–H and O–H groups in total. The van der Waals surface area contributed by atoms with Gasteiger partial charge >= 0.3 is 6.03 Å². The Balaban J connectivity index is 1.87. The molecule has 0 saturated carbocycles. The quantitative estimate of drug-likeness (QED) is 0.225. The van der Waals surface area contributed by atoms with E-state index in [0.29, 0.717) is 58.4 Å². The van der Waals surface area contributed by atoms with E-state index in [1.54, 1.807) is 33.7 Å². The summed E-state index contributed by atoms with van der Waals surface area (Å²) in [5, 5.41) is 4.02. The van der Waals surface area contributed by atoms with Crippen LogP contribution in [-0.4, -0.2) is 33.6 Å². The Bertz CT molecular complexity index is 1520. The van der Waals surface area contributed by atoms with Gasteiger partial charge in [-0.3, -0.25) is 9.36 Å². The lowest BCUT2D eigenvalue weighted by Gasteiger charge is -2.33. The third-order valence-electron chi connectivity index (χ3n) is 6.28. The summed E-state index contributed by atoms with van der Waals surface area (Å²) in [6.45, 7) is 8.92. The van der Waals surface area contributed by atoms with Crippen molar-refractivity contribution in [2.45, 2.75) is 40.2 Å². The highest BCUT2D eigenvalue weighted by Crippen LogP contribution is 2.32. The zero-order valence-corrected chi connectivity index (χ0v) is 24.0. The molecule has 2 amide bonds. The summed E-state index contributed by atoms with van der Waals surface area (Å²) >= 11 is 12.6. The maximum atomic E-state index is 13.9. The summed E-state index contributed by atoms with van der Waals surface area (Å²) < 4.78 is 7.20. The van der Waals surface area contributed by atoms with Gasteiger partial charge in [-0.15, -0.1) is 0 Å². The minimum absolute atomic E-state index is 0.144. The minimum atomic E-state index is -0.519. The second-order valence-electron chi connectivity index (χ2n) is 9.56. The molecule has 0 radical (unpaired) electrons.